The number of hydrogen-bond donors (Lipinski definition) is 4. The number of hydrogen-bond acceptors (Lipinski definition) is 8. The molecule has 7 unspecified atom stereocenters. The van der Waals surface area contributed by atoms with Crippen LogP contribution < -0.4 is 0 Å². The Kier molecular flexibility index (Phi) is 18.6. The van der Waals surface area contributed by atoms with Crippen molar-refractivity contribution in [3.05, 3.63) is 11.6 Å². The molecule has 8 nitrogen and oxygen atoms in total. The molecular weight excluding hydrogens is 572 g/mol. The fourth-order valence-corrected chi connectivity index (χ4v) is 7.29. The molecule has 45 heavy (non-hydrogen) atoms. The topological polar surface area (TPSA) is 126 Å². The second-order valence-electron chi connectivity index (χ2n) is 14.2. The highest BCUT2D eigenvalue weighted by Gasteiger charge is 2.36. The number of cyclic esters (lactones) is 1. The summed E-state index contributed by atoms with van der Waals surface area (Å²) in [5.41, 5.74) is 0.600. The Morgan fingerprint density at radius 1 is 0.667 bits per heavy atom. The van der Waals surface area contributed by atoms with Gasteiger partial charge in [-0.25, -0.2) is 4.79 Å². The quantitative estimate of drug-likeness (QED) is 0.0634. The van der Waals surface area contributed by atoms with Gasteiger partial charge < -0.3 is 34.6 Å². The number of carbonyl (C=O) groups is 1. The highest BCUT2D eigenvalue weighted by Crippen LogP contribution is 2.31. The first-order valence-corrected chi connectivity index (χ1v) is 18.7. The number of unbranched alkanes of at least 4 members (excludes halogenated alkanes) is 11. The lowest BCUT2D eigenvalue weighted by atomic mass is 9.98. The molecule has 0 amide bonds. The summed E-state index contributed by atoms with van der Waals surface area (Å²) in [5, 5.41) is 42.4. The van der Waals surface area contributed by atoms with Gasteiger partial charge in [0.25, 0.3) is 0 Å². The van der Waals surface area contributed by atoms with E-state index in [1.807, 2.05) is 6.92 Å². The normalized spacial score (nSPS) is 27.8. The first kappa shape index (κ1) is 38.4. The van der Waals surface area contributed by atoms with Gasteiger partial charge in [0.05, 0.1) is 48.8 Å². The number of carbonyl (C=O) groups excluding carboxylic acids is 1. The predicted octanol–water partition coefficient (Wildman–Crippen LogP) is 6.83. The molecule has 3 aliphatic heterocycles. The Hall–Kier alpha value is -1.03. The standard InChI is InChI=1S/C37H66O8/c1-3-4-5-6-7-8-12-15-18-31(39)35-23-24-36(45-35)33(41)21-20-32(40)34-22-19-30(44-34)17-14-11-9-10-13-16-29(38)26-28-25-27(2)43-37(28)42/h25,27,29-36,38-41H,3-24,26H2,1-2H3/t27-,29-,30?,31?,32?,33?,34?,35?,36?/m1/s1. The molecule has 0 aromatic rings. The smallest absolute Gasteiger partial charge is 0.334 e. The summed E-state index contributed by atoms with van der Waals surface area (Å²) in [5.74, 6) is -0.295. The lowest BCUT2D eigenvalue weighted by molar-refractivity contribution is -0.139. The molecule has 2 fully saturated rings. The Labute approximate surface area is 273 Å². The van der Waals surface area contributed by atoms with E-state index in [0.29, 0.717) is 31.3 Å². The van der Waals surface area contributed by atoms with Gasteiger partial charge in [0.15, 0.2) is 0 Å². The van der Waals surface area contributed by atoms with Crippen LogP contribution in [0.2, 0.25) is 0 Å². The van der Waals surface area contributed by atoms with Gasteiger partial charge in [-0.3, -0.25) is 0 Å². The van der Waals surface area contributed by atoms with Crippen LogP contribution in [0.4, 0.5) is 0 Å². The zero-order chi connectivity index (χ0) is 32.4. The molecule has 9 atom stereocenters. The lowest BCUT2D eigenvalue weighted by Crippen LogP contribution is -2.33. The second-order valence-corrected chi connectivity index (χ2v) is 14.2. The minimum absolute atomic E-state index is 0.162. The van der Waals surface area contributed by atoms with Crippen molar-refractivity contribution >= 4 is 5.97 Å². The molecule has 0 saturated carbocycles. The Morgan fingerprint density at radius 2 is 1.18 bits per heavy atom. The fourth-order valence-electron chi connectivity index (χ4n) is 7.29. The summed E-state index contributed by atoms with van der Waals surface area (Å²) in [7, 11) is 0. The molecule has 0 aliphatic carbocycles. The van der Waals surface area contributed by atoms with E-state index in [0.717, 1.165) is 83.5 Å². The molecular formula is C37H66O8. The van der Waals surface area contributed by atoms with E-state index >= 15 is 0 Å². The molecule has 262 valence electrons. The predicted molar refractivity (Wildman–Crippen MR) is 177 cm³/mol. The molecule has 4 N–H and O–H groups in total. The fraction of sp³-hybridized carbons (Fsp3) is 0.919. The van der Waals surface area contributed by atoms with Crippen LogP contribution in [-0.2, 0) is 19.0 Å². The minimum atomic E-state index is -0.627. The number of rotatable bonds is 25. The van der Waals surface area contributed by atoms with Crippen LogP contribution in [0.15, 0.2) is 11.6 Å². The average Bonchev–Trinajstić information content (AvgIpc) is 3.77. The summed E-state index contributed by atoms with van der Waals surface area (Å²) in [6, 6.07) is 0. The highest BCUT2D eigenvalue weighted by molar-refractivity contribution is 5.90. The van der Waals surface area contributed by atoms with Crippen molar-refractivity contribution in [2.75, 3.05) is 0 Å². The first-order chi connectivity index (χ1) is 21.8. The summed E-state index contributed by atoms with van der Waals surface area (Å²) in [6.07, 6.45) is 21.6. The van der Waals surface area contributed by atoms with Gasteiger partial charge in [-0.05, 0) is 70.8 Å². The van der Waals surface area contributed by atoms with Gasteiger partial charge >= 0.3 is 5.97 Å². The third kappa shape index (κ3) is 14.7. The molecule has 0 bridgehead atoms. The first-order valence-electron chi connectivity index (χ1n) is 18.7. The van der Waals surface area contributed by atoms with Crippen molar-refractivity contribution in [2.24, 2.45) is 0 Å². The van der Waals surface area contributed by atoms with Crippen LogP contribution in [0.1, 0.15) is 162 Å². The molecule has 2 saturated heterocycles. The van der Waals surface area contributed by atoms with E-state index < -0.39 is 24.4 Å². The summed E-state index contributed by atoms with van der Waals surface area (Å²) < 4.78 is 17.3. The zero-order valence-corrected chi connectivity index (χ0v) is 28.5. The van der Waals surface area contributed by atoms with Crippen molar-refractivity contribution in [1.29, 1.82) is 0 Å². The monoisotopic (exact) mass is 638 g/mol. The Morgan fingerprint density at radius 3 is 1.78 bits per heavy atom. The number of ether oxygens (including phenoxy) is 3. The largest absolute Gasteiger partial charge is 0.455 e. The maximum absolute atomic E-state index is 11.7. The van der Waals surface area contributed by atoms with Crippen molar-refractivity contribution in [1.82, 2.24) is 0 Å². The van der Waals surface area contributed by atoms with Gasteiger partial charge in [-0.2, -0.15) is 0 Å². The van der Waals surface area contributed by atoms with Crippen LogP contribution in [0.3, 0.4) is 0 Å². The van der Waals surface area contributed by atoms with Gasteiger partial charge in [0, 0.05) is 12.0 Å². The maximum atomic E-state index is 11.7. The van der Waals surface area contributed by atoms with Crippen LogP contribution in [0, 0.1) is 0 Å². The van der Waals surface area contributed by atoms with Crippen molar-refractivity contribution < 1.29 is 39.4 Å². The highest BCUT2D eigenvalue weighted by atomic mass is 16.5. The van der Waals surface area contributed by atoms with Crippen LogP contribution in [0.5, 0.6) is 0 Å². The van der Waals surface area contributed by atoms with E-state index in [4.69, 9.17) is 14.2 Å². The maximum Gasteiger partial charge on any atom is 0.334 e. The number of esters is 1. The van der Waals surface area contributed by atoms with E-state index in [2.05, 4.69) is 6.92 Å². The van der Waals surface area contributed by atoms with Gasteiger partial charge in [-0.1, -0.05) is 90.4 Å². The molecule has 0 radical (unpaired) electrons. The van der Waals surface area contributed by atoms with E-state index in [1.165, 1.54) is 38.5 Å². The van der Waals surface area contributed by atoms with Gasteiger partial charge in [-0.15, -0.1) is 0 Å². The number of aliphatic hydroxyl groups excluding tert-OH is 4. The summed E-state index contributed by atoms with van der Waals surface area (Å²) >= 11 is 0. The SMILES string of the molecule is CCCCCCCCCCC(O)C1CCC(C(O)CCC(O)C2CCC(CCCCCCC[C@@H](O)CC3=C[C@@H](C)OC3=O)O2)O1. The second kappa shape index (κ2) is 21.8. The number of aliphatic hydroxyl groups is 4. The van der Waals surface area contributed by atoms with Gasteiger partial charge in [0.2, 0.25) is 0 Å². The molecule has 3 heterocycles. The lowest BCUT2D eigenvalue weighted by Gasteiger charge is -2.24. The average molecular weight is 639 g/mol. The Bertz CT molecular complexity index is 833. The van der Waals surface area contributed by atoms with Crippen LogP contribution in [0.25, 0.3) is 0 Å². The van der Waals surface area contributed by atoms with Crippen molar-refractivity contribution in [3.8, 4) is 0 Å². The third-order valence-electron chi connectivity index (χ3n) is 10.1. The molecule has 3 rings (SSSR count). The molecule has 3 aliphatic rings. The summed E-state index contributed by atoms with van der Waals surface area (Å²) in [6.45, 7) is 4.07. The molecule has 0 spiro atoms. The zero-order valence-electron chi connectivity index (χ0n) is 28.5. The van der Waals surface area contributed by atoms with E-state index in [-0.39, 0.29) is 36.5 Å². The van der Waals surface area contributed by atoms with Crippen molar-refractivity contribution in [3.63, 3.8) is 0 Å². The molecule has 0 aromatic heterocycles. The third-order valence-corrected chi connectivity index (χ3v) is 10.1. The van der Waals surface area contributed by atoms with E-state index in [1.54, 1.807) is 6.08 Å². The molecule has 0 aromatic carbocycles. The van der Waals surface area contributed by atoms with Crippen molar-refractivity contribution in [2.45, 2.75) is 216 Å². The van der Waals surface area contributed by atoms with Gasteiger partial charge in [0.1, 0.15) is 6.10 Å². The minimum Gasteiger partial charge on any atom is -0.455 e. The summed E-state index contributed by atoms with van der Waals surface area (Å²) in [4.78, 5) is 11.7. The molecule has 8 heteroatoms. The van der Waals surface area contributed by atoms with E-state index in [9.17, 15) is 25.2 Å². The van der Waals surface area contributed by atoms with Crippen LogP contribution >= 0.6 is 0 Å². The van der Waals surface area contributed by atoms with Crippen LogP contribution in [-0.4, -0.2) is 81.3 Å². The Balaban J connectivity index is 1.16.